The maximum Gasteiger partial charge on any atom is 0.123 e. The van der Waals surface area contributed by atoms with Crippen LogP contribution in [0.4, 0.5) is 4.39 Å². The first-order valence-corrected chi connectivity index (χ1v) is 6.74. The number of rotatable bonds is 2. The number of piperidine rings is 1. The molecule has 2 aromatic rings. The molecule has 0 radical (unpaired) electrons. The molecule has 1 fully saturated rings. The summed E-state index contributed by atoms with van der Waals surface area (Å²) in [5, 5.41) is 7.75. The second-order valence-electron chi connectivity index (χ2n) is 5.10. The van der Waals surface area contributed by atoms with Crippen molar-refractivity contribution in [2.75, 3.05) is 13.1 Å². The van der Waals surface area contributed by atoms with E-state index in [0.29, 0.717) is 5.92 Å². The van der Waals surface area contributed by atoms with Gasteiger partial charge in [-0.15, -0.1) is 0 Å². The molecule has 4 heteroatoms. The molecule has 0 saturated carbocycles. The summed E-state index contributed by atoms with van der Waals surface area (Å²) >= 11 is 0. The topological polar surface area (TPSA) is 29.9 Å². The Morgan fingerprint density at radius 1 is 1.32 bits per heavy atom. The van der Waals surface area contributed by atoms with E-state index in [0.717, 1.165) is 37.1 Å². The summed E-state index contributed by atoms with van der Waals surface area (Å²) in [5.41, 5.74) is 3.21. The van der Waals surface area contributed by atoms with Crippen molar-refractivity contribution in [2.24, 2.45) is 7.05 Å². The van der Waals surface area contributed by atoms with Gasteiger partial charge in [-0.1, -0.05) is 12.1 Å². The zero-order valence-corrected chi connectivity index (χ0v) is 11.1. The molecule has 0 amide bonds. The summed E-state index contributed by atoms with van der Waals surface area (Å²) in [6, 6.07) is 6.76. The lowest BCUT2D eigenvalue weighted by molar-refractivity contribution is 0.440. The third kappa shape index (κ3) is 2.40. The van der Waals surface area contributed by atoms with Crippen LogP contribution in [0.5, 0.6) is 0 Å². The number of hydrogen-bond donors (Lipinski definition) is 1. The highest BCUT2D eigenvalue weighted by atomic mass is 19.1. The fourth-order valence-electron chi connectivity index (χ4n) is 2.90. The van der Waals surface area contributed by atoms with Gasteiger partial charge in [-0.3, -0.25) is 4.68 Å². The predicted molar refractivity (Wildman–Crippen MR) is 73.4 cm³/mol. The molecular weight excluding hydrogens is 241 g/mol. The van der Waals surface area contributed by atoms with Crippen molar-refractivity contribution in [3.8, 4) is 11.1 Å². The molecule has 3 rings (SSSR count). The van der Waals surface area contributed by atoms with Gasteiger partial charge in [0.05, 0.1) is 6.20 Å². The number of aromatic nitrogens is 2. The van der Waals surface area contributed by atoms with Crippen molar-refractivity contribution >= 4 is 0 Å². The van der Waals surface area contributed by atoms with E-state index in [1.807, 2.05) is 24.0 Å². The van der Waals surface area contributed by atoms with E-state index < -0.39 is 0 Å². The van der Waals surface area contributed by atoms with E-state index in [-0.39, 0.29) is 5.82 Å². The van der Waals surface area contributed by atoms with Crippen LogP contribution < -0.4 is 5.32 Å². The van der Waals surface area contributed by atoms with Crippen molar-refractivity contribution < 1.29 is 4.39 Å². The van der Waals surface area contributed by atoms with Gasteiger partial charge in [-0.25, -0.2) is 4.39 Å². The zero-order valence-electron chi connectivity index (χ0n) is 11.1. The van der Waals surface area contributed by atoms with Gasteiger partial charge in [0.25, 0.3) is 0 Å². The Morgan fingerprint density at radius 3 is 2.84 bits per heavy atom. The Labute approximate surface area is 112 Å². The molecule has 1 aliphatic rings. The summed E-state index contributed by atoms with van der Waals surface area (Å²) in [6.45, 7) is 2.08. The number of nitrogens with zero attached hydrogens (tertiary/aromatic N) is 2. The standard InChI is InChI=1S/C15H18FN3/c1-19-15(11-5-7-17-8-6-11)14(10-18-19)12-3-2-4-13(16)9-12/h2-4,9-11,17H,5-8H2,1H3. The van der Waals surface area contributed by atoms with Crippen LogP contribution in [0.3, 0.4) is 0 Å². The summed E-state index contributed by atoms with van der Waals surface area (Å²) in [6.07, 6.45) is 4.08. The molecule has 1 N–H and O–H groups in total. The number of benzene rings is 1. The molecule has 3 nitrogen and oxygen atoms in total. The van der Waals surface area contributed by atoms with Crippen molar-refractivity contribution in [1.82, 2.24) is 15.1 Å². The highest BCUT2D eigenvalue weighted by Gasteiger charge is 2.22. The van der Waals surface area contributed by atoms with E-state index in [2.05, 4.69) is 10.4 Å². The number of hydrogen-bond acceptors (Lipinski definition) is 2. The average molecular weight is 259 g/mol. The number of aryl methyl sites for hydroxylation is 1. The van der Waals surface area contributed by atoms with Crippen LogP contribution in [-0.2, 0) is 7.05 Å². The van der Waals surface area contributed by atoms with Crippen molar-refractivity contribution in [3.63, 3.8) is 0 Å². The fourth-order valence-corrected chi connectivity index (χ4v) is 2.90. The largest absolute Gasteiger partial charge is 0.317 e. The first-order valence-electron chi connectivity index (χ1n) is 6.74. The molecule has 100 valence electrons. The number of nitrogens with one attached hydrogen (secondary N) is 1. The fraction of sp³-hybridized carbons (Fsp3) is 0.400. The summed E-state index contributed by atoms with van der Waals surface area (Å²) in [4.78, 5) is 0. The number of halogens is 1. The van der Waals surface area contributed by atoms with Gasteiger partial charge in [0.15, 0.2) is 0 Å². The molecule has 1 saturated heterocycles. The quantitative estimate of drug-likeness (QED) is 0.898. The minimum absolute atomic E-state index is 0.197. The van der Waals surface area contributed by atoms with Gasteiger partial charge < -0.3 is 5.32 Å². The molecular formula is C15H18FN3. The SMILES string of the molecule is Cn1ncc(-c2cccc(F)c2)c1C1CCNCC1. The van der Waals surface area contributed by atoms with Crippen molar-refractivity contribution in [1.29, 1.82) is 0 Å². The Bertz CT molecular complexity index is 571. The Hall–Kier alpha value is -1.68. The molecule has 1 aromatic heterocycles. The molecule has 19 heavy (non-hydrogen) atoms. The van der Waals surface area contributed by atoms with Gasteiger partial charge in [0, 0.05) is 24.2 Å². The van der Waals surface area contributed by atoms with Crippen molar-refractivity contribution in [3.05, 3.63) is 42.0 Å². The van der Waals surface area contributed by atoms with Crippen LogP contribution >= 0.6 is 0 Å². The molecule has 0 unspecified atom stereocenters. The van der Waals surface area contributed by atoms with Crippen LogP contribution in [0.2, 0.25) is 0 Å². The molecule has 2 heterocycles. The lowest BCUT2D eigenvalue weighted by Crippen LogP contribution is -2.27. The van der Waals surface area contributed by atoms with Crippen LogP contribution in [-0.4, -0.2) is 22.9 Å². The minimum Gasteiger partial charge on any atom is -0.317 e. The first-order chi connectivity index (χ1) is 9.25. The second kappa shape index (κ2) is 5.13. The van der Waals surface area contributed by atoms with Gasteiger partial charge in [0.1, 0.15) is 5.82 Å². The van der Waals surface area contributed by atoms with E-state index in [4.69, 9.17) is 0 Å². The highest BCUT2D eigenvalue weighted by Crippen LogP contribution is 2.33. The maximum absolute atomic E-state index is 13.4. The third-order valence-corrected chi connectivity index (χ3v) is 3.85. The van der Waals surface area contributed by atoms with E-state index in [9.17, 15) is 4.39 Å². The molecule has 0 aliphatic carbocycles. The Balaban J connectivity index is 2.02. The van der Waals surface area contributed by atoms with Gasteiger partial charge in [-0.05, 0) is 43.6 Å². The molecule has 0 atom stereocenters. The molecule has 1 aliphatic heterocycles. The van der Waals surface area contributed by atoms with Gasteiger partial charge >= 0.3 is 0 Å². The summed E-state index contributed by atoms with van der Waals surface area (Å²) in [7, 11) is 1.97. The van der Waals surface area contributed by atoms with Crippen LogP contribution in [0.15, 0.2) is 30.5 Å². The van der Waals surface area contributed by atoms with Gasteiger partial charge in [0.2, 0.25) is 0 Å². The minimum atomic E-state index is -0.197. The van der Waals surface area contributed by atoms with Crippen molar-refractivity contribution in [2.45, 2.75) is 18.8 Å². The molecule has 0 bridgehead atoms. The first kappa shape index (κ1) is 12.4. The smallest absolute Gasteiger partial charge is 0.123 e. The van der Waals surface area contributed by atoms with Crippen LogP contribution in [0.1, 0.15) is 24.5 Å². The van der Waals surface area contributed by atoms with E-state index in [1.54, 1.807) is 12.1 Å². The molecule has 0 spiro atoms. The second-order valence-corrected chi connectivity index (χ2v) is 5.10. The van der Waals surface area contributed by atoms with E-state index in [1.165, 1.54) is 11.8 Å². The third-order valence-electron chi connectivity index (χ3n) is 3.85. The van der Waals surface area contributed by atoms with Gasteiger partial charge in [-0.2, -0.15) is 5.10 Å². The monoisotopic (exact) mass is 259 g/mol. The highest BCUT2D eigenvalue weighted by molar-refractivity contribution is 5.66. The average Bonchev–Trinajstić information content (AvgIpc) is 2.82. The van der Waals surface area contributed by atoms with Crippen LogP contribution in [0, 0.1) is 5.82 Å². The Kier molecular flexibility index (Phi) is 3.34. The van der Waals surface area contributed by atoms with E-state index >= 15 is 0 Å². The lowest BCUT2D eigenvalue weighted by Gasteiger charge is -2.24. The zero-order chi connectivity index (χ0) is 13.2. The molecule has 1 aromatic carbocycles. The summed E-state index contributed by atoms with van der Waals surface area (Å²) in [5.74, 6) is 0.310. The lowest BCUT2D eigenvalue weighted by atomic mass is 9.90. The normalized spacial score (nSPS) is 16.7. The predicted octanol–water partition coefficient (Wildman–Crippen LogP) is 2.69. The Morgan fingerprint density at radius 2 is 2.11 bits per heavy atom. The summed E-state index contributed by atoms with van der Waals surface area (Å²) < 4.78 is 15.3. The maximum atomic E-state index is 13.4. The van der Waals surface area contributed by atoms with Crippen LogP contribution in [0.25, 0.3) is 11.1 Å².